The molecule has 3 atom stereocenters. The largest absolute Gasteiger partial charge is 0.391 e. The summed E-state index contributed by atoms with van der Waals surface area (Å²) < 4.78 is 0. The van der Waals surface area contributed by atoms with Crippen LogP contribution >= 0.6 is 0 Å². The van der Waals surface area contributed by atoms with Crippen molar-refractivity contribution in [2.75, 3.05) is 26.7 Å². The molecule has 1 saturated carbocycles. The molecule has 0 amide bonds. The van der Waals surface area contributed by atoms with Crippen molar-refractivity contribution >= 4 is 0 Å². The molecule has 0 aromatic carbocycles. The topological polar surface area (TPSA) is 26.7 Å². The van der Waals surface area contributed by atoms with Gasteiger partial charge in [-0.3, -0.25) is 9.80 Å². The Balaban J connectivity index is 1.87. The number of hydrogen-bond acceptors (Lipinski definition) is 3. The first-order valence-corrected chi connectivity index (χ1v) is 7.84. The maximum absolute atomic E-state index is 10.3. The predicted molar refractivity (Wildman–Crippen MR) is 75.8 cm³/mol. The van der Waals surface area contributed by atoms with Crippen LogP contribution in [0.3, 0.4) is 0 Å². The second-order valence-electron chi connectivity index (χ2n) is 6.14. The first-order valence-electron chi connectivity index (χ1n) is 7.84. The van der Waals surface area contributed by atoms with E-state index in [1.54, 1.807) is 0 Å². The lowest BCUT2D eigenvalue weighted by Crippen LogP contribution is -2.47. The first kappa shape index (κ1) is 14.3. The zero-order valence-electron chi connectivity index (χ0n) is 12.1. The van der Waals surface area contributed by atoms with E-state index < -0.39 is 0 Å². The van der Waals surface area contributed by atoms with Crippen molar-refractivity contribution < 1.29 is 5.11 Å². The lowest BCUT2D eigenvalue weighted by atomic mass is 10.0. The molecule has 0 spiro atoms. The second kappa shape index (κ2) is 6.88. The summed E-state index contributed by atoms with van der Waals surface area (Å²) in [6, 6.07) is 1.11. The van der Waals surface area contributed by atoms with Crippen LogP contribution in [0.1, 0.15) is 51.9 Å². The summed E-state index contributed by atoms with van der Waals surface area (Å²) in [6.45, 7) is 5.84. The van der Waals surface area contributed by atoms with Crippen molar-refractivity contribution in [3.63, 3.8) is 0 Å². The molecule has 1 N–H and O–H groups in total. The number of hydrogen-bond donors (Lipinski definition) is 1. The van der Waals surface area contributed by atoms with Gasteiger partial charge in [0.25, 0.3) is 0 Å². The summed E-state index contributed by atoms with van der Waals surface area (Å²) in [7, 11) is 2.21. The third-order valence-corrected chi connectivity index (χ3v) is 4.91. The molecule has 0 aromatic rings. The minimum Gasteiger partial charge on any atom is -0.391 e. The highest BCUT2D eigenvalue weighted by Gasteiger charge is 2.29. The summed E-state index contributed by atoms with van der Waals surface area (Å²) in [5.74, 6) is 0. The zero-order chi connectivity index (χ0) is 13.0. The Labute approximate surface area is 112 Å². The molecule has 1 saturated heterocycles. The maximum Gasteiger partial charge on any atom is 0.0695 e. The van der Waals surface area contributed by atoms with Crippen molar-refractivity contribution in [3.8, 4) is 0 Å². The molecule has 0 radical (unpaired) electrons. The normalized spacial score (nSPS) is 35.0. The van der Waals surface area contributed by atoms with Gasteiger partial charge < -0.3 is 5.11 Å². The number of likely N-dealkylation sites (tertiary alicyclic amines) is 1. The van der Waals surface area contributed by atoms with Crippen molar-refractivity contribution in [1.29, 1.82) is 0 Å². The van der Waals surface area contributed by atoms with E-state index in [2.05, 4.69) is 23.8 Å². The van der Waals surface area contributed by atoms with E-state index in [0.717, 1.165) is 19.0 Å². The Morgan fingerprint density at radius 2 is 1.89 bits per heavy atom. The van der Waals surface area contributed by atoms with Crippen LogP contribution < -0.4 is 0 Å². The van der Waals surface area contributed by atoms with Gasteiger partial charge in [-0.05, 0) is 45.8 Å². The molecule has 3 nitrogen and oxygen atoms in total. The number of nitrogens with zero attached hydrogens (tertiary/aromatic N) is 2. The molecule has 1 aliphatic heterocycles. The van der Waals surface area contributed by atoms with Crippen molar-refractivity contribution in [3.05, 3.63) is 0 Å². The number of rotatable bonds is 4. The van der Waals surface area contributed by atoms with Crippen LogP contribution in [0.25, 0.3) is 0 Å². The van der Waals surface area contributed by atoms with E-state index in [-0.39, 0.29) is 6.10 Å². The van der Waals surface area contributed by atoms with Gasteiger partial charge in [0.1, 0.15) is 0 Å². The Morgan fingerprint density at radius 3 is 2.67 bits per heavy atom. The molecule has 106 valence electrons. The molecule has 1 heterocycles. The van der Waals surface area contributed by atoms with Crippen LogP contribution in [0, 0.1) is 0 Å². The Hall–Kier alpha value is -0.120. The highest BCUT2D eigenvalue weighted by molar-refractivity contribution is 4.86. The fourth-order valence-electron chi connectivity index (χ4n) is 3.77. The van der Waals surface area contributed by atoms with Gasteiger partial charge in [0.05, 0.1) is 6.10 Å². The minimum atomic E-state index is -0.103. The van der Waals surface area contributed by atoms with Crippen LogP contribution in [-0.2, 0) is 0 Å². The lowest BCUT2D eigenvalue weighted by molar-refractivity contribution is 0.0459. The Morgan fingerprint density at radius 1 is 1.11 bits per heavy atom. The van der Waals surface area contributed by atoms with E-state index >= 15 is 0 Å². The average Bonchev–Trinajstić information content (AvgIpc) is 2.69. The van der Waals surface area contributed by atoms with Crippen LogP contribution in [0.15, 0.2) is 0 Å². The van der Waals surface area contributed by atoms with Gasteiger partial charge in [-0.15, -0.1) is 0 Å². The number of likely N-dealkylation sites (N-methyl/N-ethyl adjacent to an activating group) is 2. The first-order chi connectivity index (χ1) is 8.72. The van der Waals surface area contributed by atoms with Crippen LogP contribution in [-0.4, -0.2) is 59.8 Å². The van der Waals surface area contributed by atoms with Gasteiger partial charge in [0, 0.05) is 18.6 Å². The summed E-state index contributed by atoms with van der Waals surface area (Å²) in [4.78, 5) is 5.04. The molecule has 0 aromatic heterocycles. The average molecular weight is 254 g/mol. The van der Waals surface area contributed by atoms with Gasteiger partial charge in [0.15, 0.2) is 0 Å². The van der Waals surface area contributed by atoms with Crippen LogP contribution in [0.5, 0.6) is 0 Å². The molecule has 3 heteroatoms. The minimum absolute atomic E-state index is 0.103. The van der Waals surface area contributed by atoms with Gasteiger partial charge in [-0.25, -0.2) is 0 Å². The van der Waals surface area contributed by atoms with Crippen LogP contribution in [0.4, 0.5) is 0 Å². The van der Waals surface area contributed by atoms with Crippen molar-refractivity contribution in [1.82, 2.24) is 9.80 Å². The van der Waals surface area contributed by atoms with E-state index in [1.165, 1.54) is 51.6 Å². The fourth-order valence-corrected chi connectivity index (χ4v) is 3.77. The third kappa shape index (κ3) is 3.46. The summed E-state index contributed by atoms with van der Waals surface area (Å²) in [5.41, 5.74) is 0. The second-order valence-corrected chi connectivity index (χ2v) is 6.14. The molecule has 18 heavy (non-hydrogen) atoms. The SMILES string of the molecule is CCN1CCCC1CN(C)C1CCCCCC1O. The van der Waals surface area contributed by atoms with Crippen molar-refractivity contribution in [2.45, 2.75) is 70.1 Å². The highest BCUT2D eigenvalue weighted by atomic mass is 16.3. The monoisotopic (exact) mass is 254 g/mol. The van der Waals surface area contributed by atoms with Gasteiger partial charge in [-0.2, -0.15) is 0 Å². The molecule has 2 aliphatic rings. The maximum atomic E-state index is 10.3. The third-order valence-electron chi connectivity index (χ3n) is 4.91. The Kier molecular flexibility index (Phi) is 5.46. The summed E-state index contributed by atoms with van der Waals surface area (Å²) >= 11 is 0. The lowest BCUT2D eigenvalue weighted by Gasteiger charge is -2.35. The van der Waals surface area contributed by atoms with E-state index in [4.69, 9.17) is 0 Å². The van der Waals surface area contributed by atoms with E-state index in [0.29, 0.717) is 6.04 Å². The molecular weight excluding hydrogens is 224 g/mol. The number of aliphatic hydroxyl groups excluding tert-OH is 1. The molecule has 1 aliphatic carbocycles. The smallest absolute Gasteiger partial charge is 0.0695 e. The zero-order valence-corrected chi connectivity index (χ0v) is 12.1. The summed E-state index contributed by atoms with van der Waals surface area (Å²) in [6.07, 6.45) is 8.54. The van der Waals surface area contributed by atoms with Crippen molar-refractivity contribution in [2.24, 2.45) is 0 Å². The van der Waals surface area contributed by atoms with Gasteiger partial charge in [0.2, 0.25) is 0 Å². The fraction of sp³-hybridized carbons (Fsp3) is 1.00. The summed E-state index contributed by atoms with van der Waals surface area (Å²) in [5, 5.41) is 10.3. The standard InChI is InChI=1S/C15H30N2O/c1-3-17-11-7-8-13(17)12-16(2)14-9-5-4-6-10-15(14)18/h13-15,18H,3-12H2,1-2H3. The van der Waals surface area contributed by atoms with E-state index in [1.807, 2.05) is 0 Å². The molecular formula is C15H30N2O. The molecule has 0 bridgehead atoms. The van der Waals surface area contributed by atoms with Gasteiger partial charge in [-0.1, -0.05) is 26.2 Å². The van der Waals surface area contributed by atoms with Crippen LogP contribution in [0.2, 0.25) is 0 Å². The molecule has 3 unspecified atom stereocenters. The molecule has 2 rings (SSSR count). The highest BCUT2D eigenvalue weighted by Crippen LogP contribution is 2.24. The number of aliphatic hydroxyl groups is 1. The quantitative estimate of drug-likeness (QED) is 0.778. The van der Waals surface area contributed by atoms with Gasteiger partial charge >= 0.3 is 0 Å². The predicted octanol–water partition coefficient (Wildman–Crippen LogP) is 2.10. The Bertz CT molecular complexity index is 247. The molecule has 2 fully saturated rings. The van der Waals surface area contributed by atoms with E-state index in [9.17, 15) is 5.11 Å².